The number of amides is 1. The first kappa shape index (κ1) is 21.2. The van der Waals surface area contributed by atoms with Crippen molar-refractivity contribution in [2.45, 2.75) is 50.1 Å². The minimum absolute atomic E-state index is 0. The van der Waals surface area contributed by atoms with Crippen molar-refractivity contribution < 1.29 is 13.2 Å². The number of rotatable bonds is 5. The van der Waals surface area contributed by atoms with E-state index in [1.54, 1.807) is 12.1 Å². The summed E-state index contributed by atoms with van der Waals surface area (Å²) in [5, 5.41) is 3.56. The van der Waals surface area contributed by atoms with Crippen molar-refractivity contribution in [3.8, 4) is 0 Å². The summed E-state index contributed by atoms with van der Waals surface area (Å²) in [6.07, 6.45) is 3.30. The number of benzene rings is 1. The molecule has 1 aromatic rings. The van der Waals surface area contributed by atoms with Crippen LogP contribution in [0.1, 0.15) is 43.5 Å². The van der Waals surface area contributed by atoms with Crippen molar-refractivity contribution in [2.75, 3.05) is 19.6 Å². The SMILES string of the molecule is CC(C)CNS(=O)(=O)c1ccc(C(=O)N2CCC3CCC(C2)N3)cc1.Cl. The maximum Gasteiger partial charge on any atom is 0.253 e. The molecule has 0 aliphatic carbocycles. The van der Waals surface area contributed by atoms with Crippen molar-refractivity contribution in [3.05, 3.63) is 29.8 Å². The van der Waals surface area contributed by atoms with E-state index in [-0.39, 0.29) is 29.1 Å². The number of nitrogens with one attached hydrogen (secondary N) is 2. The van der Waals surface area contributed by atoms with Crippen LogP contribution < -0.4 is 10.0 Å². The van der Waals surface area contributed by atoms with Crippen LogP contribution in [-0.4, -0.2) is 50.9 Å². The fourth-order valence-corrected chi connectivity index (χ4v) is 4.66. The van der Waals surface area contributed by atoms with Gasteiger partial charge in [0.2, 0.25) is 10.0 Å². The summed E-state index contributed by atoms with van der Waals surface area (Å²) in [6.45, 7) is 5.78. The lowest BCUT2D eigenvalue weighted by Crippen LogP contribution is -2.39. The molecule has 2 fully saturated rings. The van der Waals surface area contributed by atoms with Crippen LogP contribution in [0.4, 0.5) is 0 Å². The smallest absolute Gasteiger partial charge is 0.253 e. The normalized spacial score (nSPS) is 22.8. The Kier molecular flexibility index (Phi) is 7.07. The second-order valence-electron chi connectivity index (χ2n) is 7.45. The molecule has 0 spiro atoms. The minimum Gasteiger partial charge on any atom is -0.337 e. The van der Waals surface area contributed by atoms with Crippen LogP contribution in [-0.2, 0) is 10.0 Å². The number of likely N-dealkylation sites (tertiary alicyclic amines) is 1. The third kappa shape index (κ3) is 4.97. The number of hydrogen-bond donors (Lipinski definition) is 2. The van der Waals surface area contributed by atoms with E-state index in [2.05, 4.69) is 10.0 Å². The second-order valence-corrected chi connectivity index (χ2v) is 9.21. The molecule has 1 amide bonds. The summed E-state index contributed by atoms with van der Waals surface area (Å²) >= 11 is 0. The molecule has 26 heavy (non-hydrogen) atoms. The Balaban J connectivity index is 0.00000243. The number of halogens is 1. The maximum atomic E-state index is 12.7. The average Bonchev–Trinajstić information content (AvgIpc) is 2.91. The van der Waals surface area contributed by atoms with E-state index in [9.17, 15) is 13.2 Å². The first-order chi connectivity index (χ1) is 11.8. The molecule has 8 heteroatoms. The Hall–Kier alpha value is -1.15. The zero-order valence-corrected chi connectivity index (χ0v) is 16.9. The van der Waals surface area contributed by atoms with Gasteiger partial charge < -0.3 is 10.2 Å². The molecule has 6 nitrogen and oxygen atoms in total. The first-order valence-corrected chi connectivity index (χ1v) is 10.5. The topological polar surface area (TPSA) is 78.5 Å². The molecular weight excluding hydrogens is 374 g/mol. The quantitative estimate of drug-likeness (QED) is 0.791. The summed E-state index contributed by atoms with van der Waals surface area (Å²) in [7, 11) is -3.52. The van der Waals surface area contributed by atoms with Gasteiger partial charge in [0.1, 0.15) is 0 Å². The number of hydrogen-bond acceptors (Lipinski definition) is 4. The summed E-state index contributed by atoms with van der Waals surface area (Å²) < 4.78 is 27.1. The average molecular weight is 402 g/mol. The Morgan fingerprint density at radius 2 is 1.85 bits per heavy atom. The van der Waals surface area contributed by atoms with Gasteiger partial charge in [0.25, 0.3) is 5.91 Å². The highest BCUT2D eigenvalue weighted by Gasteiger charge is 2.31. The van der Waals surface area contributed by atoms with E-state index >= 15 is 0 Å². The lowest BCUT2D eigenvalue weighted by atomic mass is 10.1. The van der Waals surface area contributed by atoms with Gasteiger partial charge in [-0.2, -0.15) is 0 Å². The molecule has 2 unspecified atom stereocenters. The molecule has 0 saturated carbocycles. The lowest BCUT2D eigenvalue weighted by molar-refractivity contribution is 0.0748. The zero-order valence-electron chi connectivity index (χ0n) is 15.3. The third-order valence-corrected chi connectivity index (χ3v) is 6.34. The number of carbonyl (C=O) groups is 1. The number of carbonyl (C=O) groups excluding carboxylic acids is 1. The van der Waals surface area contributed by atoms with Gasteiger partial charge in [-0.3, -0.25) is 4.79 Å². The van der Waals surface area contributed by atoms with E-state index < -0.39 is 10.0 Å². The summed E-state index contributed by atoms with van der Waals surface area (Å²) in [5.74, 6) is 0.219. The predicted molar refractivity (Wildman–Crippen MR) is 104 cm³/mol. The van der Waals surface area contributed by atoms with Gasteiger partial charge >= 0.3 is 0 Å². The van der Waals surface area contributed by atoms with Crippen LogP contribution in [0.15, 0.2) is 29.2 Å². The van der Waals surface area contributed by atoms with Crippen LogP contribution in [0.2, 0.25) is 0 Å². The van der Waals surface area contributed by atoms with Crippen LogP contribution in [0.3, 0.4) is 0 Å². The Morgan fingerprint density at radius 1 is 1.19 bits per heavy atom. The van der Waals surface area contributed by atoms with Crippen molar-refractivity contribution in [1.29, 1.82) is 0 Å². The molecule has 2 bridgehead atoms. The third-order valence-electron chi connectivity index (χ3n) is 4.90. The first-order valence-electron chi connectivity index (χ1n) is 9.00. The van der Waals surface area contributed by atoms with Crippen molar-refractivity contribution in [1.82, 2.24) is 14.9 Å². The Bertz CT molecular complexity index is 722. The van der Waals surface area contributed by atoms with E-state index in [0.717, 1.165) is 25.9 Å². The van der Waals surface area contributed by atoms with Crippen LogP contribution >= 0.6 is 12.4 Å². The van der Waals surface area contributed by atoms with Gasteiger partial charge in [-0.15, -0.1) is 12.4 Å². The lowest BCUT2D eigenvalue weighted by Gasteiger charge is -2.24. The fraction of sp³-hybridized carbons (Fsp3) is 0.611. The summed E-state index contributed by atoms with van der Waals surface area (Å²) in [4.78, 5) is 14.8. The van der Waals surface area contributed by atoms with Gasteiger partial charge in [0.15, 0.2) is 0 Å². The van der Waals surface area contributed by atoms with Crippen molar-refractivity contribution in [2.24, 2.45) is 5.92 Å². The molecule has 2 aliphatic heterocycles. The molecule has 2 aliphatic rings. The van der Waals surface area contributed by atoms with Gasteiger partial charge in [-0.25, -0.2) is 13.1 Å². The van der Waals surface area contributed by atoms with Crippen LogP contribution in [0, 0.1) is 5.92 Å². The van der Waals surface area contributed by atoms with E-state index in [0.29, 0.717) is 24.2 Å². The standard InChI is InChI=1S/C18H27N3O3S.ClH/c1-13(2)11-19-25(23,24)17-7-3-14(4-8-17)18(22)21-10-9-15-5-6-16(12-21)20-15;/h3-4,7-8,13,15-16,19-20H,5-6,9-12H2,1-2H3;1H. The number of nitrogens with zero attached hydrogens (tertiary/aromatic N) is 1. The highest BCUT2D eigenvalue weighted by atomic mass is 35.5. The number of fused-ring (bicyclic) bond motifs is 2. The van der Waals surface area contributed by atoms with Gasteiger partial charge in [-0.05, 0) is 49.4 Å². The van der Waals surface area contributed by atoms with Gasteiger partial charge in [0, 0.05) is 37.3 Å². The van der Waals surface area contributed by atoms with E-state index in [1.807, 2.05) is 18.7 Å². The molecule has 3 rings (SSSR count). The van der Waals surface area contributed by atoms with Crippen molar-refractivity contribution >= 4 is 28.3 Å². The largest absolute Gasteiger partial charge is 0.337 e. The highest BCUT2D eigenvalue weighted by Crippen LogP contribution is 2.22. The molecule has 2 N–H and O–H groups in total. The Labute approximate surface area is 162 Å². The molecule has 0 radical (unpaired) electrons. The number of sulfonamides is 1. The maximum absolute atomic E-state index is 12.7. The zero-order chi connectivity index (χ0) is 18.0. The van der Waals surface area contributed by atoms with Crippen molar-refractivity contribution in [3.63, 3.8) is 0 Å². The molecule has 1 aromatic carbocycles. The van der Waals surface area contributed by atoms with E-state index in [1.165, 1.54) is 18.6 Å². The summed E-state index contributed by atoms with van der Waals surface area (Å²) in [6, 6.07) is 7.17. The molecule has 146 valence electrons. The highest BCUT2D eigenvalue weighted by molar-refractivity contribution is 7.89. The molecule has 2 saturated heterocycles. The minimum atomic E-state index is -3.52. The van der Waals surface area contributed by atoms with E-state index in [4.69, 9.17) is 0 Å². The second kappa shape index (κ2) is 8.69. The van der Waals surface area contributed by atoms with Crippen LogP contribution in [0.5, 0.6) is 0 Å². The van der Waals surface area contributed by atoms with Gasteiger partial charge in [-0.1, -0.05) is 13.8 Å². The van der Waals surface area contributed by atoms with Crippen LogP contribution in [0.25, 0.3) is 0 Å². The molecule has 2 atom stereocenters. The Morgan fingerprint density at radius 3 is 2.50 bits per heavy atom. The van der Waals surface area contributed by atoms with Gasteiger partial charge in [0.05, 0.1) is 4.90 Å². The molecule has 2 heterocycles. The predicted octanol–water partition coefficient (Wildman–Crippen LogP) is 2.01. The monoisotopic (exact) mass is 401 g/mol. The molecular formula is C18H28ClN3O3S. The summed E-state index contributed by atoms with van der Waals surface area (Å²) in [5.41, 5.74) is 0.542. The fourth-order valence-electron chi connectivity index (χ4n) is 3.45. The molecule has 0 aromatic heterocycles.